The number of nitrogens with one attached hydrogen (secondary N) is 1. The summed E-state index contributed by atoms with van der Waals surface area (Å²) in [6, 6.07) is 9.91. The Morgan fingerprint density at radius 3 is 2.83 bits per heavy atom. The molecule has 1 heterocycles. The van der Waals surface area contributed by atoms with Gasteiger partial charge in [-0.25, -0.2) is 0 Å². The second kappa shape index (κ2) is 4.16. The zero-order chi connectivity index (χ0) is 12.7. The van der Waals surface area contributed by atoms with Crippen molar-refractivity contribution in [3.05, 3.63) is 36.0 Å². The summed E-state index contributed by atoms with van der Waals surface area (Å²) < 4.78 is 0. The normalized spacial score (nSPS) is 22.1. The largest absolute Gasteiger partial charge is 0.351 e. The van der Waals surface area contributed by atoms with E-state index < -0.39 is 0 Å². The molecule has 1 aliphatic carbocycles. The fourth-order valence-electron chi connectivity index (χ4n) is 2.48. The van der Waals surface area contributed by atoms with E-state index in [2.05, 4.69) is 11.9 Å². The molecule has 0 saturated heterocycles. The van der Waals surface area contributed by atoms with Gasteiger partial charge in [-0.15, -0.1) is 0 Å². The first kappa shape index (κ1) is 11.3. The Balaban J connectivity index is 1.78. The Kier molecular flexibility index (Phi) is 2.62. The Hall–Kier alpha value is -1.77. The lowest BCUT2D eigenvalue weighted by Crippen LogP contribution is -2.29. The number of amides is 1. The number of benzene rings is 1. The van der Waals surface area contributed by atoms with Crippen LogP contribution in [0.15, 0.2) is 30.3 Å². The van der Waals surface area contributed by atoms with E-state index in [0.717, 1.165) is 23.4 Å². The predicted octanol–water partition coefficient (Wildman–Crippen LogP) is 2.90. The van der Waals surface area contributed by atoms with E-state index in [0.29, 0.717) is 11.6 Å². The predicted molar refractivity (Wildman–Crippen MR) is 72.5 cm³/mol. The molecule has 1 saturated carbocycles. The number of hydrogen-bond acceptors (Lipinski definition) is 1. The molecule has 0 aliphatic heterocycles. The third-order valence-corrected chi connectivity index (χ3v) is 3.89. The van der Waals surface area contributed by atoms with Crippen molar-refractivity contribution in [2.75, 3.05) is 13.6 Å². The minimum atomic E-state index is 0.0882. The van der Waals surface area contributed by atoms with Crippen LogP contribution in [-0.4, -0.2) is 29.4 Å². The molecule has 1 aromatic carbocycles. The fraction of sp³-hybridized carbons (Fsp3) is 0.400. The van der Waals surface area contributed by atoms with Crippen LogP contribution >= 0.6 is 0 Å². The van der Waals surface area contributed by atoms with Gasteiger partial charge in [0.05, 0.1) is 0 Å². The molecule has 0 radical (unpaired) electrons. The highest BCUT2D eigenvalue weighted by Crippen LogP contribution is 2.38. The highest BCUT2D eigenvalue weighted by Gasteiger charge is 2.34. The Morgan fingerprint density at radius 2 is 2.17 bits per heavy atom. The van der Waals surface area contributed by atoms with Crippen LogP contribution in [0, 0.1) is 11.8 Å². The molecule has 0 bridgehead atoms. The van der Waals surface area contributed by atoms with E-state index in [9.17, 15) is 4.79 Å². The van der Waals surface area contributed by atoms with Gasteiger partial charge in [-0.1, -0.05) is 25.1 Å². The number of rotatable bonds is 3. The molecule has 3 rings (SSSR count). The van der Waals surface area contributed by atoms with Crippen molar-refractivity contribution >= 4 is 16.8 Å². The summed E-state index contributed by atoms with van der Waals surface area (Å²) in [4.78, 5) is 17.3. The average Bonchev–Trinajstić information content (AvgIpc) is 2.92. The molecular weight excluding hydrogens is 224 g/mol. The summed E-state index contributed by atoms with van der Waals surface area (Å²) in [5, 5.41) is 1.09. The highest BCUT2D eigenvalue weighted by atomic mass is 16.2. The second-order valence-electron chi connectivity index (χ2n) is 5.43. The first-order valence-corrected chi connectivity index (χ1v) is 6.48. The van der Waals surface area contributed by atoms with Crippen LogP contribution < -0.4 is 0 Å². The second-order valence-corrected chi connectivity index (χ2v) is 5.43. The fourth-order valence-corrected chi connectivity index (χ4v) is 2.48. The molecule has 1 N–H and O–H groups in total. The average molecular weight is 242 g/mol. The summed E-state index contributed by atoms with van der Waals surface area (Å²) in [5.41, 5.74) is 1.71. The standard InChI is InChI=1S/C15H18N2O/c1-10-7-12(10)9-17(2)15(18)14-8-11-5-3-4-6-13(11)16-14/h3-6,8,10,12,16H,7,9H2,1-2H3. The molecule has 1 amide bonds. The lowest BCUT2D eigenvalue weighted by atomic mass is 10.2. The Morgan fingerprint density at radius 1 is 1.44 bits per heavy atom. The number of aromatic amines is 1. The molecule has 2 aromatic rings. The lowest BCUT2D eigenvalue weighted by Gasteiger charge is -2.15. The Bertz CT molecular complexity index is 554. The van der Waals surface area contributed by atoms with Crippen molar-refractivity contribution in [2.45, 2.75) is 13.3 Å². The van der Waals surface area contributed by atoms with Gasteiger partial charge in [-0.05, 0) is 30.4 Å². The number of carbonyl (C=O) groups excluding carboxylic acids is 1. The first-order chi connectivity index (χ1) is 8.65. The molecule has 1 aliphatic rings. The van der Waals surface area contributed by atoms with Gasteiger partial charge in [0, 0.05) is 24.5 Å². The molecule has 94 valence electrons. The molecular formula is C15H18N2O. The number of H-pyrrole nitrogens is 1. The Labute approximate surface area is 107 Å². The van der Waals surface area contributed by atoms with Crippen molar-refractivity contribution in [1.29, 1.82) is 0 Å². The first-order valence-electron chi connectivity index (χ1n) is 6.48. The van der Waals surface area contributed by atoms with E-state index in [-0.39, 0.29) is 5.91 Å². The highest BCUT2D eigenvalue weighted by molar-refractivity contribution is 5.97. The van der Waals surface area contributed by atoms with Gasteiger partial charge < -0.3 is 9.88 Å². The smallest absolute Gasteiger partial charge is 0.270 e. The van der Waals surface area contributed by atoms with Crippen molar-refractivity contribution in [2.24, 2.45) is 11.8 Å². The third kappa shape index (κ3) is 2.01. The molecule has 2 unspecified atom stereocenters. The van der Waals surface area contributed by atoms with E-state index in [1.54, 1.807) is 0 Å². The number of aromatic nitrogens is 1. The van der Waals surface area contributed by atoms with Gasteiger partial charge >= 0.3 is 0 Å². The topological polar surface area (TPSA) is 36.1 Å². The third-order valence-electron chi connectivity index (χ3n) is 3.89. The number of para-hydroxylation sites is 1. The SMILES string of the molecule is CC1CC1CN(C)C(=O)c1cc2ccccc2[nH]1. The summed E-state index contributed by atoms with van der Waals surface area (Å²) in [5.74, 6) is 1.57. The summed E-state index contributed by atoms with van der Waals surface area (Å²) in [6.07, 6.45) is 1.25. The van der Waals surface area contributed by atoms with Crippen molar-refractivity contribution in [1.82, 2.24) is 9.88 Å². The van der Waals surface area contributed by atoms with Crippen LogP contribution in [0.1, 0.15) is 23.8 Å². The number of carbonyl (C=O) groups is 1. The zero-order valence-electron chi connectivity index (χ0n) is 10.8. The number of fused-ring (bicyclic) bond motifs is 1. The molecule has 3 heteroatoms. The van der Waals surface area contributed by atoms with Gasteiger partial charge in [-0.3, -0.25) is 4.79 Å². The van der Waals surface area contributed by atoms with Crippen LogP contribution in [0.5, 0.6) is 0 Å². The van der Waals surface area contributed by atoms with E-state index >= 15 is 0 Å². The molecule has 1 fully saturated rings. The number of nitrogens with zero attached hydrogens (tertiary/aromatic N) is 1. The maximum Gasteiger partial charge on any atom is 0.270 e. The van der Waals surface area contributed by atoms with Gasteiger partial charge in [0.2, 0.25) is 0 Å². The van der Waals surface area contributed by atoms with Gasteiger partial charge in [0.15, 0.2) is 0 Å². The van der Waals surface area contributed by atoms with Crippen LogP contribution in [0.25, 0.3) is 10.9 Å². The molecule has 2 atom stereocenters. The lowest BCUT2D eigenvalue weighted by molar-refractivity contribution is 0.0782. The summed E-state index contributed by atoms with van der Waals surface area (Å²) >= 11 is 0. The quantitative estimate of drug-likeness (QED) is 0.882. The molecule has 1 aromatic heterocycles. The van der Waals surface area contributed by atoms with Gasteiger partial charge in [-0.2, -0.15) is 0 Å². The van der Waals surface area contributed by atoms with E-state index in [1.807, 2.05) is 42.3 Å². The van der Waals surface area contributed by atoms with Crippen LogP contribution in [0.4, 0.5) is 0 Å². The van der Waals surface area contributed by atoms with E-state index in [4.69, 9.17) is 0 Å². The molecule has 18 heavy (non-hydrogen) atoms. The minimum Gasteiger partial charge on any atom is -0.351 e. The summed E-state index contributed by atoms with van der Waals surface area (Å²) in [6.45, 7) is 3.11. The maximum absolute atomic E-state index is 12.3. The van der Waals surface area contributed by atoms with Crippen molar-refractivity contribution < 1.29 is 4.79 Å². The number of hydrogen-bond donors (Lipinski definition) is 1. The van der Waals surface area contributed by atoms with Gasteiger partial charge in [0.1, 0.15) is 5.69 Å². The maximum atomic E-state index is 12.3. The van der Waals surface area contributed by atoms with E-state index in [1.165, 1.54) is 6.42 Å². The van der Waals surface area contributed by atoms with Crippen LogP contribution in [-0.2, 0) is 0 Å². The molecule has 0 spiro atoms. The van der Waals surface area contributed by atoms with Gasteiger partial charge in [0.25, 0.3) is 5.91 Å². The van der Waals surface area contributed by atoms with Crippen molar-refractivity contribution in [3.63, 3.8) is 0 Å². The van der Waals surface area contributed by atoms with Crippen LogP contribution in [0.3, 0.4) is 0 Å². The van der Waals surface area contributed by atoms with Crippen LogP contribution in [0.2, 0.25) is 0 Å². The van der Waals surface area contributed by atoms with Crippen molar-refractivity contribution in [3.8, 4) is 0 Å². The zero-order valence-corrected chi connectivity index (χ0v) is 10.8. The monoisotopic (exact) mass is 242 g/mol. The summed E-state index contributed by atoms with van der Waals surface area (Å²) in [7, 11) is 1.89. The molecule has 3 nitrogen and oxygen atoms in total. The minimum absolute atomic E-state index is 0.0882.